The van der Waals surface area contributed by atoms with E-state index in [-0.39, 0.29) is 0 Å². The van der Waals surface area contributed by atoms with Gasteiger partial charge in [0, 0.05) is 0 Å². The Labute approximate surface area is 102 Å². The first-order valence-electron chi connectivity index (χ1n) is 6.31. The molecule has 0 spiro atoms. The van der Waals surface area contributed by atoms with Crippen LogP contribution in [-0.4, -0.2) is 40.3 Å². The van der Waals surface area contributed by atoms with E-state index in [9.17, 15) is 9.90 Å². The molecule has 1 heterocycles. The largest absolute Gasteiger partial charge is 0.480 e. The zero-order valence-corrected chi connectivity index (χ0v) is 10.4. The average molecular weight is 243 g/mol. The van der Waals surface area contributed by atoms with Crippen molar-refractivity contribution in [1.29, 1.82) is 0 Å². The normalized spacial score (nSPS) is 29.0. The number of carbonyl (C=O) groups is 1. The molecule has 1 aliphatic rings. The van der Waals surface area contributed by atoms with Crippen molar-refractivity contribution in [2.24, 2.45) is 5.92 Å². The second-order valence-corrected chi connectivity index (χ2v) is 5.14. The van der Waals surface area contributed by atoms with E-state index in [1.54, 1.807) is 0 Å². The molecule has 6 heteroatoms. The number of unbranched alkanes of at least 4 members (excludes halogenated alkanes) is 1. The first-order chi connectivity index (χ1) is 7.96. The summed E-state index contributed by atoms with van der Waals surface area (Å²) in [6.45, 7) is 2.83. The van der Waals surface area contributed by atoms with E-state index in [0.717, 1.165) is 13.0 Å². The predicted octanol–water partition coefficient (Wildman–Crippen LogP) is 0.472. The molecular weight excluding hydrogens is 221 g/mol. The van der Waals surface area contributed by atoms with E-state index in [0.29, 0.717) is 37.9 Å². The van der Waals surface area contributed by atoms with Crippen LogP contribution in [0.4, 0.5) is 0 Å². The van der Waals surface area contributed by atoms with Gasteiger partial charge in [-0.3, -0.25) is 4.79 Å². The van der Waals surface area contributed by atoms with Gasteiger partial charge in [-0.2, -0.15) is 0 Å². The minimum Gasteiger partial charge on any atom is -0.480 e. The van der Waals surface area contributed by atoms with Gasteiger partial charge in [0.05, 0.1) is 0 Å². The van der Waals surface area contributed by atoms with Crippen LogP contribution in [0.1, 0.15) is 39.0 Å². The highest BCUT2D eigenvalue weighted by molar-refractivity contribution is 6.40. The van der Waals surface area contributed by atoms with Gasteiger partial charge in [0.15, 0.2) is 0 Å². The number of hydrogen-bond donors (Lipinski definition) is 4. The van der Waals surface area contributed by atoms with Crippen molar-refractivity contribution >= 4 is 13.1 Å². The molecule has 1 unspecified atom stereocenters. The van der Waals surface area contributed by atoms with E-state index in [1.807, 2.05) is 0 Å². The number of aliphatic carboxylic acids is 1. The fourth-order valence-electron chi connectivity index (χ4n) is 2.54. The first kappa shape index (κ1) is 14.5. The first-order valence-corrected chi connectivity index (χ1v) is 6.31. The number of carboxylic acid groups (broad SMARTS) is 1. The highest BCUT2D eigenvalue weighted by Crippen LogP contribution is 2.29. The maximum absolute atomic E-state index is 11.4. The van der Waals surface area contributed by atoms with Crippen LogP contribution in [0.3, 0.4) is 0 Å². The molecule has 0 amide bonds. The van der Waals surface area contributed by atoms with E-state index in [1.165, 1.54) is 0 Å². The predicted molar refractivity (Wildman–Crippen MR) is 65.6 cm³/mol. The maximum Gasteiger partial charge on any atom is 0.451 e. The Hall–Kier alpha value is -0.585. The number of hydrogen-bond acceptors (Lipinski definition) is 4. The molecule has 0 aromatic heterocycles. The molecule has 0 saturated carbocycles. The van der Waals surface area contributed by atoms with Crippen molar-refractivity contribution in [3.05, 3.63) is 0 Å². The van der Waals surface area contributed by atoms with Gasteiger partial charge in [0.25, 0.3) is 0 Å². The number of nitrogens with one attached hydrogen (secondary N) is 1. The Morgan fingerprint density at radius 3 is 2.71 bits per heavy atom. The van der Waals surface area contributed by atoms with Gasteiger partial charge in [0.2, 0.25) is 0 Å². The van der Waals surface area contributed by atoms with E-state index in [2.05, 4.69) is 12.2 Å². The smallest absolute Gasteiger partial charge is 0.451 e. The van der Waals surface area contributed by atoms with Crippen molar-refractivity contribution < 1.29 is 19.9 Å². The summed E-state index contributed by atoms with van der Waals surface area (Å²) < 4.78 is 0. The second kappa shape index (κ2) is 6.38. The van der Waals surface area contributed by atoms with Gasteiger partial charge in [-0.25, -0.2) is 0 Å². The molecule has 0 aliphatic carbocycles. The van der Waals surface area contributed by atoms with Crippen LogP contribution in [0.5, 0.6) is 0 Å². The zero-order valence-electron chi connectivity index (χ0n) is 10.4. The van der Waals surface area contributed by atoms with Crippen molar-refractivity contribution in [3.63, 3.8) is 0 Å². The Balaban J connectivity index is 2.45. The summed E-state index contributed by atoms with van der Waals surface area (Å²) in [4.78, 5) is 11.4. The molecular formula is C11H22BNO4. The lowest BCUT2D eigenvalue weighted by Crippen LogP contribution is -2.56. The Morgan fingerprint density at radius 1 is 1.47 bits per heavy atom. The molecule has 1 aliphatic heterocycles. The summed E-state index contributed by atoms with van der Waals surface area (Å²) in [5, 5.41) is 29.9. The fourth-order valence-corrected chi connectivity index (χ4v) is 2.54. The van der Waals surface area contributed by atoms with Crippen LogP contribution in [0.25, 0.3) is 0 Å². The summed E-state index contributed by atoms with van der Waals surface area (Å²) in [5.74, 6) is -0.357. The van der Waals surface area contributed by atoms with Gasteiger partial charge in [-0.1, -0.05) is 19.8 Å². The van der Waals surface area contributed by atoms with Crippen molar-refractivity contribution in [1.82, 2.24) is 5.32 Å². The highest BCUT2D eigenvalue weighted by atomic mass is 16.4. The van der Waals surface area contributed by atoms with Crippen LogP contribution in [0, 0.1) is 5.92 Å². The molecule has 0 radical (unpaired) electrons. The van der Waals surface area contributed by atoms with E-state index >= 15 is 0 Å². The SMILES string of the molecule is C[C@H]1CCNC(CCCCB(O)O)(C(=O)O)C1. The summed E-state index contributed by atoms with van der Waals surface area (Å²) in [6, 6.07) is 0. The van der Waals surface area contributed by atoms with Crippen LogP contribution in [-0.2, 0) is 4.79 Å². The van der Waals surface area contributed by atoms with Gasteiger partial charge in [0.1, 0.15) is 5.54 Å². The number of piperidine rings is 1. The van der Waals surface area contributed by atoms with Crippen LogP contribution >= 0.6 is 0 Å². The molecule has 0 aromatic rings. The molecule has 4 N–H and O–H groups in total. The fraction of sp³-hybridized carbons (Fsp3) is 0.909. The van der Waals surface area contributed by atoms with Crippen molar-refractivity contribution in [2.45, 2.75) is 50.9 Å². The lowest BCUT2D eigenvalue weighted by atomic mass is 9.77. The van der Waals surface area contributed by atoms with Gasteiger partial charge in [-0.05, 0) is 38.0 Å². The number of rotatable bonds is 6. The lowest BCUT2D eigenvalue weighted by molar-refractivity contribution is -0.147. The monoisotopic (exact) mass is 243 g/mol. The van der Waals surface area contributed by atoms with Crippen molar-refractivity contribution in [3.8, 4) is 0 Å². The number of carboxylic acids is 1. The molecule has 17 heavy (non-hydrogen) atoms. The third-order valence-electron chi connectivity index (χ3n) is 3.52. The van der Waals surface area contributed by atoms with Crippen molar-refractivity contribution in [2.75, 3.05) is 6.54 Å². The molecule has 1 fully saturated rings. The topological polar surface area (TPSA) is 89.8 Å². The quantitative estimate of drug-likeness (QED) is 0.402. The summed E-state index contributed by atoms with van der Waals surface area (Å²) in [6.07, 6.45) is 3.88. The summed E-state index contributed by atoms with van der Waals surface area (Å²) in [7, 11) is -1.28. The van der Waals surface area contributed by atoms with Gasteiger partial charge in [-0.15, -0.1) is 0 Å². The average Bonchev–Trinajstić information content (AvgIpc) is 2.24. The molecule has 98 valence electrons. The van der Waals surface area contributed by atoms with Crippen LogP contribution in [0.15, 0.2) is 0 Å². The minimum atomic E-state index is -1.28. The third-order valence-corrected chi connectivity index (χ3v) is 3.52. The summed E-state index contributed by atoms with van der Waals surface area (Å²) in [5.41, 5.74) is -0.807. The van der Waals surface area contributed by atoms with E-state index < -0.39 is 18.6 Å². The van der Waals surface area contributed by atoms with Crippen LogP contribution in [0.2, 0.25) is 6.32 Å². The van der Waals surface area contributed by atoms with E-state index in [4.69, 9.17) is 10.0 Å². The molecule has 0 bridgehead atoms. The van der Waals surface area contributed by atoms with Gasteiger partial charge < -0.3 is 20.5 Å². The Bertz CT molecular complexity index is 262. The minimum absolute atomic E-state index is 0.311. The third kappa shape index (κ3) is 4.29. The Kier molecular flexibility index (Phi) is 5.43. The zero-order chi connectivity index (χ0) is 12.9. The lowest BCUT2D eigenvalue weighted by Gasteiger charge is -2.37. The molecule has 5 nitrogen and oxygen atoms in total. The second-order valence-electron chi connectivity index (χ2n) is 5.14. The molecule has 1 saturated heterocycles. The molecule has 2 atom stereocenters. The summed E-state index contributed by atoms with van der Waals surface area (Å²) >= 11 is 0. The maximum atomic E-state index is 11.4. The molecule has 0 aromatic carbocycles. The standard InChI is InChI=1S/C11H22BNO4/c1-9-4-7-13-11(8-9,10(14)15)5-2-3-6-12(16)17/h9,13,16-17H,2-8H2,1H3,(H,14,15)/t9-,11?/m0/s1. The van der Waals surface area contributed by atoms with Gasteiger partial charge >= 0.3 is 13.1 Å². The highest BCUT2D eigenvalue weighted by Gasteiger charge is 2.40. The Morgan fingerprint density at radius 2 is 2.18 bits per heavy atom. The van der Waals surface area contributed by atoms with Crippen LogP contribution < -0.4 is 5.32 Å². The molecule has 1 rings (SSSR count).